The van der Waals surface area contributed by atoms with Crippen LogP contribution < -0.4 is 16.2 Å². The minimum atomic E-state index is -0.283. The van der Waals surface area contributed by atoms with Crippen molar-refractivity contribution in [3.63, 3.8) is 0 Å². The zero-order valence-corrected chi connectivity index (χ0v) is 11.7. The van der Waals surface area contributed by atoms with Crippen LogP contribution in [0.25, 0.3) is 0 Å². The first-order chi connectivity index (χ1) is 9.11. The zero-order valence-electron chi connectivity index (χ0n) is 11.7. The largest absolute Gasteiger partial charge is 0.383 e. The van der Waals surface area contributed by atoms with E-state index in [1.54, 1.807) is 7.11 Å². The van der Waals surface area contributed by atoms with Crippen LogP contribution in [0, 0.1) is 0 Å². The highest BCUT2D eigenvalue weighted by molar-refractivity contribution is 5.81. The molecule has 1 aliphatic heterocycles. The summed E-state index contributed by atoms with van der Waals surface area (Å²) >= 11 is 0. The zero-order chi connectivity index (χ0) is 14.1. The number of hydrogen-bond acceptors (Lipinski definition) is 5. The lowest BCUT2D eigenvalue weighted by Gasteiger charge is -2.24. The third-order valence-corrected chi connectivity index (χ3v) is 3.00. The standard InChI is InChI=1S/C12H24N4O3/c1-10(17)14-15-12(18)9-16(6-7-19-2)8-11-4-3-5-13-11/h11,13H,3-9H2,1-2H3,(H,14,17)(H,15,18). The molecule has 1 fully saturated rings. The number of nitrogens with one attached hydrogen (secondary N) is 3. The summed E-state index contributed by atoms with van der Waals surface area (Å²) in [5, 5.41) is 3.40. The second-order valence-electron chi connectivity index (χ2n) is 4.75. The van der Waals surface area contributed by atoms with Gasteiger partial charge in [0.1, 0.15) is 0 Å². The SMILES string of the molecule is COCCN(CC(=O)NNC(C)=O)CC1CCCN1. The summed E-state index contributed by atoms with van der Waals surface area (Å²) in [6, 6.07) is 0.436. The molecular formula is C12H24N4O3. The molecule has 1 unspecified atom stereocenters. The van der Waals surface area contributed by atoms with Crippen molar-refractivity contribution >= 4 is 11.8 Å². The minimum absolute atomic E-state index is 0.218. The number of methoxy groups -OCH3 is 1. The van der Waals surface area contributed by atoms with Gasteiger partial charge < -0.3 is 10.1 Å². The third kappa shape index (κ3) is 7.09. The molecule has 0 aromatic rings. The van der Waals surface area contributed by atoms with E-state index in [0.717, 1.165) is 19.5 Å². The number of amides is 2. The molecule has 0 aromatic carbocycles. The Morgan fingerprint density at radius 1 is 1.42 bits per heavy atom. The molecule has 1 atom stereocenters. The Labute approximate surface area is 114 Å². The Kier molecular flexibility index (Phi) is 7.39. The lowest BCUT2D eigenvalue weighted by molar-refractivity contribution is -0.128. The van der Waals surface area contributed by atoms with Crippen molar-refractivity contribution in [1.29, 1.82) is 0 Å². The highest BCUT2D eigenvalue weighted by atomic mass is 16.5. The second kappa shape index (κ2) is 8.84. The number of hydrogen-bond donors (Lipinski definition) is 3. The Balaban J connectivity index is 2.34. The van der Waals surface area contributed by atoms with Crippen LogP contribution >= 0.6 is 0 Å². The summed E-state index contributed by atoms with van der Waals surface area (Å²) in [7, 11) is 1.64. The van der Waals surface area contributed by atoms with Crippen molar-refractivity contribution in [2.45, 2.75) is 25.8 Å². The molecule has 0 aromatic heterocycles. The lowest BCUT2D eigenvalue weighted by Crippen LogP contribution is -2.48. The maximum absolute atomic E-state index is 11.7. The van der Waals surface area contributed by atoms with Gasteiger partial charge in [0.2, 0.25) is 5.91 Å². The number of carbonyl (C=O) groups is 2. The highest BCUT2D eigenvalue weighted by Gasteiger charge is 2.19. The first-order valence-corrected chi connectivity index (χ1v) is 6.62. The van der Waals surface area contributed by atoms with Gasteiger partial charge in [-0.2, -0.15) is 0 Å². The highest BCUT2D eigenvalue weighted by Crippen LogP contribution is 2.06. The van der Waals surface area contributed by atoms with E-state index in [1.807, 2.05) is 4.90 Å². The summed E-state index contributed by atoms with van der Waals surface area (Å²) in [5.41, 5.74) is 4.66. The van der Waals surface area contributed by atoms with Crippen LogP contribution in [0.15, 0.2) is 0 Å². The average Bonchev–Trinajstić information content (AvgIpc) is 2.86. The van der Waals surface area contributed by atoms with Gasteiger partial charge in [0.15, 0.2) is 0 Å². The number of nitrogens with zero attached hydrogens (tertiary/aromatic N) is 1. The smallest absolute Gasteiger partial charge is 0.252 e. The van der Waals surface area contributed by atoms with Gasteiger partial charge in [0, 0.05) is 33.2 Å². The molecule has 1 heterocycles. The van der Waals surface area contributed by atoms with Gasteiger partial charge in [-0.05, 0) is 19.4 Å². The van der Waals surface area contributed by atoms with E-state index in [-0.39, 0.29) is 18.4 Å². The fourth-order valence-electron chi connectivity index (χ4n) is 2.08. The van der Waals surface area contributed by atoms with Crippen LogP contribution in [0.3, 0.4) is 0 Å². The maximum Gasteiger partial charge on any atom is 0.252 e. The molecular weight excluding hydrogens is 248 g/mol. The third-order valence-electron chi connectivity index (χ3n) is 3.00. The van der Waals surface area contributed by atoms with Crippen LogP contribution in [0.5, 0.6) is 0 Å². The van der Waals surface area contributed by atoms with E-state index in [1.165, 1.54) is 13.3 Å². The molecule has 110 valence electrons. The molecule has 7 nitrogen and oxygen atoms in total. The minimum Gasteiger partial charge on any atom is -0.383 e. The monoisotopic (exact) mass is 272 g/mol. The lowest BCUT2D eigenvalue weighted by atomic mass is 10.2. The van der Waals surface area contributed by atoms with Gasteiger partial charge in [-0.3, -0.25) is 25.3 Å². The summed E-state index contributed by atoms with van der Waals surface area (Å²) in [6.07, 6.45) is 2.32. The van der Waals surface area contributed by atoms with Crippen LogP contribution in [0.1, 0.15) is 19.8 Å². The van der Waals surface area contributed by atoms with Crippen LogP contribution in [0.2, 0.25) is 0 Å². The summed E-state index contributed by atoms with van der Waals surface area (Å²) in [6.45, 7) is 4.74. The Morgan fingerprint density at radius 3 is 2.79 bits per heavy atom. The van der Waals surface area contributed by atoms with Gasteiger partial charge in [0.25, 0.3) is 5.91 Å². The number of rotatable bonds is 7. The predicted molar refractivity (Wildman–Crippen MR) is 71.3 cm³/mol. The Bertz CT molecular complexity index is 293. The molecule has 0 spiro atoms. The molecule has 0 radical (unpaired) electrons. The van der Waals surface area contributed by atoms with E-state index < -0.39 is 0 Å². The average molecular weight is 272 g/mol. The molecule has 0 aliphatic carbocycles. The van der Waals surface area contributed by atoms with Crippen molar-refractivity contribution in [2.24, 2.45) is 0 Å². The topological polar surface area (TPSA) is 82.7 Å². The molecule has 0 saturated carbocycles. The van der Waals surface area contributed by atoms with E-state index >= 15 is 0 Å². The maximum atomic E-state index is 11.7. The fraction of sp³-hybridized carbons (Fsp3) is 0.833. The Morgan fingerprint density at radius 2 is 2.21 bits per heavy atom. The molecule has 19 heavy (non-hydrogen) atoms. The fourth-order valence-corrected chi connectivity index (χ4v) is 2.08. The predicted octanol–water partition coefficient (Wildman–Crippen LogP) is -1.15. The number of ether oxygens (including phenoxy) is 1. The first kappa shape index (κ1) is 15.9. The quantitative estimate of drug-likeness (QED) is 0.510. The normalized spacial score (nSPS) is 18.6. The molecule has 1 rings (SSSR count). The van der Waals surface area contributed by atoms with Crippen molar-refractivity contribution in [3.8, 4) is 0 Å². The van der Waals surface area contributed by atoms with Crippen LogP contribution in [-0.2, 0) is 14.3 Å². The first-order valence-electron chi connectivity index (χ1n) is 6.62. The van der Waals surface area contributed by atoms with Gasteiger partial charge in [-0.15, -0.1) is 0 Å². The molecule has 0 bridgehead atoms. The van der Waals surface area contributed by atoms with Crippen molar-refractivity contribution in [2.75, 3.05) is 39.9 Å². The van der Waals surface area contributed by atoms with Gasteiger partial charge in [0.05, 0.1) is 13.2 Å². The van der Waals surface area contributed by atoms with Crippen molar-refractivity contribution < 1.29 is 14.3 Å². The second-order valence-corrected chi connectivity index (χ2v) is 4.75. The number of hydrazine groups is 1. The summed E-state index contributed by atoms with van der Waals surface area (Å²) in [4.78, 5) is 24.4. The summed E-state index contributed by atoms with van der Waals surface area (Å²) < 4.78 is 5.05. The van der Waals surface area contributed by atoms with Crippen molar-refractivity contribution in [3.05, 3.63) is 0 Å². The molecule has 3 N–H and O–H groups in total. The van der Waals surface area contributed by atoms with Gasteiger partial charge in [-0.1, -0.05) is 0 Å². The van der Waals surface area contributed by atoms with Gasteiger partial charge in [-0.25, -0.2) is 0 Å². The van der Waals surface area contributed by atoms with E-state index in [4.69, 9.17) is 4.74 Å². The molecule has 1 aliphatic rings. The molecule has 1 saturated heterocycles. The van der Waals surface area contributed by atoms with E-state index in [9.17, 15) is 9.59 Å². The van der Waals surface area contributed by atoms with Gasteiger partial charge >= 0.3 is 0 Å². The molecule has 2 amide bonds. The van der Waals surface area contributed by atoms with Crippen molar-refractivity contribution in [1.82, 2.24) is 21.1 Å². The number of carbonyl (C=O) groups excluding carboxylic acids is 2. The Hall–Kier alpha value is -1.18. The van der Waals surface area contributed by atoms with E-state index in [0.29, 0.717) is 19.2 Å². The summed E-state index contributed by atoms with van der Waals surface area (Å²) in [5.74, 6) is -0.501. The van der Waals surface area contributed by atoms with E-state index in [2.05, 4.69) is 16.2 Å². The molecule has 7 heteroatoms. The van der Waals surface area contributed by atoms with Crippen LogP contribution in [0.4, 0.5) is 0 Å². The van der Waals surface area contributed by atoms with Crippen LogP contribution in [-0.4, -0.2) is 62.7 Å².